The normalized spacial score (nSPS) is 18.7. The second-order valence-corrected chi connectivity index (χ2v) is 5.02. The number of carbonyl (C=O) groups is 1. The van der Waals surface area contributed by atoms with Crippen LogP contribution >= 0.6 is 15.9 Å². The summed E-state index contributed by atoms with van der Waals surface area (Å²) in [6.07, 6.45) is 0.885. The molecule has 98 valence electrons. The smallest absolute Gasteiger partial charge is 0.310 e. The third-order valence-electron chi connectivity index (χ3n) is 2.76. The zero-order valence-corrected chi connectivity index (χ0v) is 11.7. The average Bonchev–Trinajstić information content (AvgIpc) is 2.82. The number of hydrogen-bond donors (Lipinski definition) is 0. The van der Waals surface area contributed by atoms with Crippen molar-refractivity contribution in [3.05, 3.63) is 28.2 Å². The Morgan fingerprint density at radius 3 is 3.06 bits per heavy atom. The molecule has 1 aliphatic rings. The third kappa shape index (κ3) is 3.46. The lowest BCUT2D eigenvalue weighted by Gasteiger charge is -2.12. The van der Waals surface area contributed by atoms with Crippen LogP contribution in [-0.2, 0) is 20.7 Å². The number of hydrogen-bond acceptors (Lipinski definition) is 4. The van der Waals surface area contributed by atoms with Crippen molar-refractivity contribution in [2.45, 2.75) is 18.9 Å². The first-order valence-electron chi connectivity index (χ1n) is 5.78. The maximum atomic E-state index is 11.8. The average molecular weight is 315 g/mol. The summed E-state index contributed by atoms with van der Waals surface area (Å²) in [5.74, 6) is 0.444. The van der Waals surface area contributed by atoms with Gasteiger partial charge in [0.2, 0.25) is 0 Å². The van der Waals surface area contributed by atoms with E-state index in [2.05, 4.69) is 15.9 Å². The lowest BCUT2D eigenvalue weighted by molar-refractivity contribution is -0.148. The molecule has 1 saturated heterocycles. The first-order valence-corrected chi connectivity index (χ1v) is 6.58. The van der Waals surface area contributed by atoms with Gasteiger partial charge in [-0.25, -0.2) is 0 Å². The number of rotatable bonds is 4. The summed E-state index contributed by atoms with van der Waals surface area (Å²) >= 11 is 3.38. The molecule has 0 aliphatic carbocycles. The van der Waals surface area contributed by atoms with Gasteiger partial charge < -0.3 is 14.2 Å². The SMILES string of the molecule is COc1ccc(Br)cc1CC(=O)O[C@@H]1CCOC1. The molecule has 5 heteroatoms. The largest absolute Gasteiger partial charge is 0.496 e. The molecule has 1 fully saturated rings. The Morgan fingerprint density at radius 2 is 2.39 bits per heavy atom. The van der Waals surface area contributed by atoms with Crippen molar-refractivity contribution in [1.82, 2.24) is 0 Å². The second-order valence-electron chi connectivity index (χ2n) is 4.11. The first-order chi connectivity index (χ1) is 8.69. The summed E-state index contributed by atoms with van der Waals surface area (Å²) in [5, 5.41) is 0. The topological polar surface area (TPSA) is 44.8 Å². The van der Waals surface area contributed by atoms with E-state index in [0.717, 1.165) is 16.5 Å². The molecule has 0 saturated carbocycles. The standard InChI is InChI=1S/C13H15BrO4/c1-16-12-3-2-10(14)6-9(12)7-13(15)18-11-4-5-17-8-11/h2-3,6,11H,4-5,7-8H2,1H3/t11-/m1/s1. The molecule has 0 N–H and O–H groups in total. The van der Waals surface area contributed by atoms with E-state index in [-0.39, 0.29) is 18.5 Å². The number of methoxy groups -OCH3 is 1. The zero-order chi connectivity index (χ0) is 13.0. The van der Waals surface area contributed by atoms with Crippen LogP contribution in [0.3, 0.4) is 0 Å². The minimum absolute atomic E-state index is 0.101. The summed E-state index contributed by atoms with van der Waals surface area (Å²) in [4.78, 5) is 11.8. The summed E-state index contributed by atoms with van der Waals surface area (Å²) in [5.41, 5.74) is 0.816. The van der Waals surface area contributed by atoms with Crippen LogP contribution in [0.5, 0.6) is 5.75 Å². The Labute approximate surface area is 114 Å². The molecule has 0 bridgehead atoms. The fraction of sp³-hybridized carbons (Fsp3) is 0.462. The summed E-state index contributed by atoms with van der Waals surface area (Å²) in [6, 6.07) is 5.56. The van der Waals surface area contributed by atoms with E-state index in [1.165, 1.54) is 0 Å². The van der Waals surface area contributed by atoms with Crippen LogP contribution in [-0.4, -0.2) is 32.4 Å². The van der Waals surface area contributed by atoms with Crippen molar-refractivity contribution in [2.24, 2.45) is 0 Å². The highest BCUT2D eigenvalue weighted by Crippen LogP contribution is 2.24. The molecule has 0 spiro atoms. The molecule has 1 aromatic rings. The molecular weight excluding hydrogens is 300 g/mol. The van der Waals surface area contributed by atoms with E-state index >= 15 is 0 Å². The van der Waals surface area contributed by atoms with E-state index in [1.807, 2.05) is 18.2 Å². The van der Waals surface area contributed by atoms with Gasteiger partial charge in [-0.2, -0.15) is 0 Å². The van der Waals surface area contributed by atoms with Gasteiger partial charge in [0.25, 0.3) is 0 Å². The van der Waals surface area contributed by atoms with Gasteiger partial charge in [0.15, 0.2) is 0 Å². The van der Waals surface area contributed by atoms with Crippen molar-refractivity contribution < 1.29 is 19.0 Å². The molecule has 0 amide bonds. The number of benzene rings is 1. The van der Waals surface area contributed by atoms with Gasteiger partial charge in [0.05, 0.1) is 26.7 Å². The van der Waals surface area contributed by atoms with Crippen LogP contribution < -0.4 is 4.74 Å². The highest BCUT2D eigenvalue weighted by Gasteiger charge is 2.20. The molecule has 1 heterocycles. The van der Waals surface area contributed by atoms with Crippen molar-refractivity contribution in [3.8, 4) is 5.75 Å². The van der Waals surface area contributed by atoms with Gasteiger partial charge in [0.1, 0.15) is 11.9 Å². The summed E-state index contributed by atoms with van der Waals surface area (Å²) in [6.45, 7) is 1.17. The monoisotopic (exact) mass is 314 g/mol. The van der Waals surface area contributed by atoms with Crippen molar-refractivity contribution in [2.75, 3.05) is 20.3 Å². The van der Waals surface area contributed by atoms with E-state index < -0.39 is 0 Å². The molecular formula is C13H15BrO4. The Balaban J connectivity index is 1.99. The lowest BCUT2D eigenvalue weighted by atomic mass is 10.1. The Morgan fingerprint density at radius 1 is 1.56 bits per heavy atom. The maximum Gasteiger partial charge on any atom is 0.310 e. The Hall–Kier alpha value is -1.07. The van der Waals surface area contributed by atoms with Crippen LogP contribution in [0, 0.1) is 0 Å². The molecule has 0 aromatic heterocycles. The maximum absolute atomic E-state index is 11.8. The molecule has 0 unspecified atom stereocenters. The predicted octanol–water partition coefficient (Wildman–Crippen LogP) is 2.33. The molecule has 4 nitrogen and oxygen atoms in total. The Kier molecular flexibility index (Phi) is 4.60. The van der Waals surface area contributed by atoms with Gasteiger partial charge in [0, 0.05) is 16.5 Å². The van der Waals surface area contributed by atoms with E-state index in [9.17, 15) is 4.79 Å². The number of esters is 1. The molecule has 18 heavy (non-hydrogen) atoms. The van der Waals surface area contributed by atoms with E-state index in [1.54, 1.807) is 7.11 Å². The summed E-state index contributed by atoms with van der Waals surface area (Å²) < 4.78 is 16.6. The minimum Gasteiger partial charge on any atom is -0.496 e. The van der Waals surface area contributed by atoms with Crippen LogP contribution in [0.1, 0.15) is 12.0 Å². The molecule has 1 aliphatic heterocycles. The fourth-order valence-electron chi connectivity index (χ4n) is 1.87. The third-order valence-corrected chi connectivity index (χ3v) is 3.26. The zero-order valence-electron chi connectivity index (χ0n) is 10.1. The van der Waals surface area contributed by atoms with E-state index in [0.29, 0.717) is 19.0 Å². The van der Waals surface area contributed by atoms with Gasteiger partial charge in [-0.15, -0.1) is 0 Å². The fourth-order valence-corrected chi connectivity index (χ4v) is 2.28. The van der Waals surface area contributed by atoms with Gasteiger partial charge in [-0.05, 0) is 18.2 Å². The second kappa shape index (κ2) is 6.20. The van der Waals surface area contributed by atoms with Crippen LogP contribution in [0.2, 0.25) is 0 Å². The number of ether oxygens (including phenoxy) is 3. The summed E-state index contributed by atoms with van der Waals surface area (Å²) in [7, 11) is 1.59. The quantitative estimate of drug-likeness (QED) is 0.800. The van der Waals surface area contributed by atoms with Crippen LogP contribution in [0.4, 0.5) is 0 Å². The minimum atomic E-state index is -0.248. The predicted molar refractivity (Wildman–Crippen MR) is 69.7 cm³/mol. The van der Waals surface area contributed by atoms with Gasteiger partial charge in [-0.3, -0.25) is 4.79 Å². The van der Waals surface area contributed by atoms with Gasteiger partial charge >= 0.3 is 5.97 Å². The lowest BCUT2D eigenvalue weighted by Crippen LogP contribution is -2.19. The Bertz CT molecular complexity index is 427. The highest BCUT2D eigenvalue weighted by molar-refractivity contribution is 9.10. The molecule has 0 radical (unpaired) electrons. The van der Waals surface area contributed by atoms with Crippen LogP contribution in [0.15, 0.2) is 22.7 Å². The van der Waals surface area contributed by atoms with Crippen LogP contribution in [0.25, 0.3) is 0 Å². The molecule has 2 rings (SSSR count). The highest BCUT2D eigenvalue weighted by atomic mass is 79.9. The molecule has 1 aromatic carbocycles. The first kappa shape index (κ1) is 13.4. The number of carbonyl (C=O) groups excluding carboxylic acids is 1. The van der Waals surface area contributed by atoms with E-state index in [4.69, 9.17) is 14.2 Å². The van der Waals surface area contributed by atoms with Gasteiger partial charge in [-0.1, -0.05) is 15.9 Å². The number of halogens is 1. The van der Waals surface area contributed by atoms with Crippen molar-refractivity contribution in [3.63, 3.8) is 0 Å². The van der Waals surface area contributed by atoms with Crippen molar-refractivity contribution in [1.29, 1.82) is 0 Å². The van der Waals surface area contributed by atoms with Crippen molar-refractivity contribution >= 4 is 21.9 Å². The molecule has 1 atom stereocenters.